The molecule has 1 aliphatic heterocycles. The highest BCUT2D eigenvalue weighted by Gasteiger charge is 2.30. The van der Waals surface area contributed by atoms with Gasteiger partial charge in [-0.3, -0.25) is 9.88 Å². The van der Waals surface area contributed by atoms with Gasteiger partial charge in [0.2, 0.25) is 17.6 Å². The Morgan fingerprint density at radius 1 is 1.19 bits per heavy atom. The largest absolute Gasteiger partial charge is 0.338 e. The van der Waals surface area contributed by atoms with Crippen molar-refractivity contribution < 1.29 is 9.05 Å². The summed E-state index contributed by atoms with van der Waals surface area (Å²) >= 11 is 0. The Morgan fingerprint density at radius 2 is 2.12 bits per heavy atom. The van der Waals surface area contributed by atoms with Crippen molar-refractivity contribution in [1.29, 1.82) is 0 Å². The van der Waals surface area contributed by atoms with Gasteiger partial charge in [-0.15, -0.1) is 0 Å². The summed E-state index contributed by atoms with van der Waals surface area (Å²) in [6.45, 7) is 5.63. The summed E-state index contributed by atoms with van der Waals surface area (Å²) in [6.07, 6.45) is 6.71. The summed E-state index contributed by atoms with van der Waals surface area (Å²) in [7, 11) is 0. The number of rotatable bonds is 5. The van der Waals surface area contributed by atoms with E-state index in [4.69, 9.17) is 9.05 Å². The van der Waals surface area contributed by atoms with E-state index in [1.807, 2.05) is 12.1 Å². The van der Waals surface area contributed by atoms with Gasteiger partial charge in [-0.1, -0.05) is 30.6 Å². The van der Waals surface area contributed by atoms with Crippen LogP contribution in [0.2, 0.25) is 0 Å². The highest BCUT2D eigenvalue weighted by Crippen LogP contribution is 2.31. The highest BCUT2D eigenvalue weighted by molar-refractivity contribution is 5.51. The maximum atomic E-state index is 5.53. The molecule has 0 amide bonds. The van der Waals surface area contributed by atoms with Gasteiger partial charge in [-0.05, 0) is 31.5 Å². The molecule has 8 nitrogen and oxygen atoms in total. The molecular weight excluding hydrogens is 332 g/mol. The molecule has 8 heteroatoms. The smallest absolute Gasteiger partial charge is 0.244 e. The van der Waals surface area contributed by atoms with E-state index in [9.17, 15) is 0 Å². The molecule has 0 unspecified atom stereocenters. The summed E-state index contributed by atoms with van der Waals surface area (Å²) < 4.78 is 11.0. The molecule has 1 aliphatic rings. The number of nitrogens with zero attached hydrogens (tertiary/aromatic N) is 6. The van der Waals surface area contributed by atoms with Gasteiger partial charge in [0.25, 0.3) is 0 Å². The number of hydrogen-bond acceptors (Lipinski definition) is 8. The van der Waals surface area contributed by atoms with Gasteiger partial charge < -0.3 is 9.05 Å². The molecule has 0 spiro atoms. The van der Waals surface area contributed by atoms with Crippen molar-refractivity contribution >= 4 is 0 Å². The zero-order chi connectivity index (χ0) is 17.9. The van der Waals surface area contributed by atoms with Gasteiger partial charge in [0.15, 0.2) is 5.82 Å². The van der Waals surface area contributed by atoms with Crippen molar-refractivity contribution in [2.75, 3.05) is 6.54 Å². The standard InChI is InChI=1S/C18H22N6O2/c1-12(2)16-21-18(26-22-16)14-7-3-4-9-24(14)11-15-20-17(23-25-15)13-6-5-8-19-10-13/h5-6,8,10,12,14H,3-4,7,9,11H2,1-2H3/t14-/m1/s1. The lowest BCUT2D eigenvalue weighted by Crippen LogP contribution is -2.33. The third-order valence-electron chi connectivity index (χ3n) is 4.60. The molecule has 0 aliphatic carbocycles. The van der Waals surface area contributed by atoms with E-state index < -0.39 is 0 Å². The van der Waals surface area contributed by atoms with Gasteiger partial charge >= 0.3 is 0 Å². The quantitative estimate of drug-likeness (QED) is 0.688. The summed E-state index contributed by atoms with van der Waals surface area (Å²) in [5.41, 5.74) is 0.844. The van der Waals surface area contributed by atoms with Crippen molar-refractivity contribution in [2.45, 2.75) is 51.6 Å². The maximum absolute atomic E-state index is 5.53. The molecule has 3 aromatic heterocycles. The van der Waals surface area contributed by atoms with Crippen molar-refractivity contribution in [3.63, 3.8) is 0 Å². The molecule has 0 N–H and O–H groups in total. The number of hydrogen-bond donors (Lipinski definition) is 0. The Hall–Kier alpha value is -2.61. The topological polar surface area (TPSA) is 94.0 Å². The van der Waals surface area contributed by atoms with E-state index in [-0.39, 0.29) is 12.0 Å². The van der Waals surface area contributed by atoms with Crippen LogP contribution in [0.1, 0.15) is 62.7 Å². The van der Waals surface area contributed by atoms with Crippen LogP contribution in [-0.4, -0.2) is 36.7 Å². The van der Waals surface area contributed by atoms with E-state index in [1.165, 1.54) is 0 Å². The van der Waals surface area contributed by atoms with Crippen molar-refractivity contribution in [3.8, 4) is 11.4 Å². The average Bonchev–Trinajstić information content (AvgIpc) is 3.33. The summed E-state index contributed by atoms with van der Waals surface area (Å²) in [4.78, 5) is 15.5. The fourth-order valence-electron chi connectivity index (χ4n) is 3.18. The summed E-state index contributed by atoms with van der Waals surface area (Å²) in [6, 6.07) is 3.86. The fraction of sp³-hybridized carbons (Fsp3) is 0.500. The molecule has 0 saturated carbocycles. The second kappa shape index (κ2) is 7.33. The molecule has 0 bridgehead atoms. The molecule has 0 aromatic carbocycles. The first-order valence-electron chi connectivity index (χ1n) is 9.01. The molecular formula is C18H22N6O2. The summed E-state index contributed by atoms with van der Waals surface area (Å²) in [5, 5.41) is 8.18. The number of pyridine rings is 1. The Labute approximate surface area is 151 Å². The Kier molecular flexibility index (Phi) is 4.75. The lowest BCUT2D eigenvalue weighted by Gasteiger charge is -2.31. The molecule has 4 rings (SSSR count). The van der Waals surface area contributed by atoms with Crippen molar-refractivity contribution in [3.05, 3.63) is 42.1 Å². The maximum Gasteiger partial charge on any atom is 0.244 e. The lowest BCUT2D eigenvalue weighted by atomic mass is 10.0. The predicted molar refractivity (Wildman–Crippen MR) is 92.9 cm³/mol. The first kappa shape index (κ1) is 16.8. The Balaban J connectivity index is 1.51. The second-order valence-electron chi connectivity index (χ2n) is 6.88. The van der Waals surface area contributed by atoms with E-state index in [2.05, 4.69) is 44.0 Å². The van der Waals surface area contributed by atoms with Crippen LogP contribution in [0.5, 0.6) is 0 Å². The van der Waals surface area contributed by atoms with Gasteiger partial charge in [0, 0.05) is 23.9 Å². The normalized spacial score (nSPS) is 18.5. The monoisotopic (exact) mass is 354 g/mol. The zero-order valence-corrected chi connectivity index (χ0v) is 15.0. The number of piperidine rings is 1. The Bertz CT molecular complexity index is 844. The van der Waals surface area contributed by atoms with Crippen molar-refractivity contribution in [2.24, 2.45) is 0 Å². The van der Waals surface area contributed by atoms with Gasteiger partial charge in [-0.25, -0.2) is 0 Å². The van der Waals surface area contributed by atoms with Crippen molar-refractivity contribution in [1.82, 2.24) is 30.2 Å². The van der Waals surface area contributed by atoms with Crippen LogP contribution >= 0.6 is 0 Å². The summed E-state index contributed by atoms with van der Waals surface area (Å²) in [5.74, 6) is 2.82. The van der Waals surface area contributed by atoms with E-state index in [0.29, 0.717) is 24.2 Å². The van der Waals surface area contributed by atoms with Gasteiger partial charge in [0.1, 0.15) is 0 Å². The molecule has 1 saturated heterocycles. The van der Waals surface area contributed by atoms with Gasteiger partial charge in [-0.2, -0.15) is 9.97 Å². The van der Waals surface area contributed by atoms with Crippen LogP contribution in [0.3, 0.4) is 0 Å². The first-order valence-corrected chi connectivity index (χ1v) is 9.01. The van der Waals surface area contributed by atoms with Crippen LogP contribution < -0.4 is 0 Å². The van der Waals surface area contributed by atoms with E-state index >= 15 is 0 Å². The molecule has 3 aromatic rings. The van der Waals surface area contributed by atoms with Gasteiger partial charge in [0.05, 0.1) is 12.6 Å². The number of aromatic nitrogens is 5. The molecule has 4 heterocycles. The fourth-order valence-corrected chi connectivity index (χ4v) is 3.18. The van der Waals surface area contributed by atoms with Crippen LogP contribution in [0.25, 0.3) is 11.4 Å². The van der Waals surface area contributed by atoms with E-state index in [0.717, 1.165) is 37.2 Å². The third kappa shape index (κ3) is 3.50. The second-order valence-corrected chi connectivity index (χ2v) is 6.88. The zero-order valence-electron chi connectivity index (χ0n) is 15.0. The Morgan fingerprint density at radius 3 is 2.88 bits per heavy atom. The predicted octanol–water partition coefficient (Wildman–Crippen LogP) is 3.37. The van der Waals surface area contributed by atoms with Crippen LogP contribution in [0.15, 0.2) is 33.6 Å². The van der Waals surface area contributed by atoms with E-state index in [1.54, 1.807) is 12.4 Å². The minimum Gasteiger partial charge on any atom is -0.338 e. The molecule has 0 radical (unpaired) electrons. The lowest BCUT2D eigenvalue weighted by molar-refractivity contribution is 0.0986. The molecule has 1 atom stereocenters. The minimum atomic E-state index is 0.0949. The van der Waals surface area contributed by atoms with Crippen LogP contribution in [0, 0.1) is 0 Å². The average molecular weight is 354 g/mol. The molecule has 26 heavy (non-hydrogen) atoms. The third-order valence-corrected chi connectivity index (χ3v) is 4.60. The first-order chi connectivity index (χ1) is 12.7. The molecule has 136 valence electrons. The SMILES string of the molecule is CC(C)c1noc([C@H]2CCCCN2Cc2nc(-c3cccnc3)no2)n1. The van der Waals surface area contributed by atoms with Crippen LogP contribution in [0.4, 0.5) is 0 Å². The highest BCUT2D eigenvalue weighted by atomic mass is 16.5. The minimum absolute atomic E-state index is 0.0949. The number of likely N-dealkylation sites (tertiary alicyclic amines) is 1. The molecule has 1 fully saturated rings. The van der Waals surface area contributed by atoms with Crippen LogP contribution in [-0.2, 0) is 6.54 Å².